The Hall–Kier alpha value is -0.0400. The van der Waals surface area contributed by atoms with Gasteiger partial charge in [0.2, 0.25) is 0 Å². The maximum Gasteiger partial charge on any atom is 0.0573 e. The van der Waals surface area contributed by atoms with Crippen LogP contribution in [0.25, 0.3) is 0 Å². The molecule has 2 rings (SSSR count). The first-order valence-electron chi connectivity index (χ1n) is 3.37. The van der Waals surface area contributed by atoms with E-state index in [1.54, 1.807) is 0 Å². The molecule has 1 N–H and O–H groups in total. The molecule has 45 valence electrons. The Morgan fingerprint density at radius 3 is 2.50 bits per heavy atom. The van der Waals surface area contributed by atoms with E-state index in [1.165, 1.54) is 12.8 Å². The van der Waals surface area contributed by atoms with E-state index in [9.17, 15) is 5.11 Å². The fourth-order valence-electron chi connectivity index (χ4n) is 1.97. The maximum atomic E-state index is 9.19. The lowest BCUT2D eigenvalue weighted by atomic mass is 9.98. The molecule has 1 heteroatoms. The van der Waals surface area contributed by atoms with E-state index in [-0.39, 0.29) is 6.10 Å². The zero-order valence-electron chi connectivity index (χ0n) is 4.88. The van der Waals surface area contributed by atoms with E-state index in [1.807, 2.05) is 0 Å². The van der Waals surface area contributed by atoms with Gasteiger partial charge >= 0.3 is 0 Å². The molecular formula is C7H11O. The summed E-state index contributed by atoms with van der Waals surface area (Å²) in [5.74, 6) is 1.41. The lowest BCUT2D eigenvalue weighted by Crippen LogP contribution is -2.15. The van der Waals surface area contributed by atoms with Crippen LogP contribution in [0.15, 0.2) is 0 Å². The van der Waals surface area contributed by atoms with Gasteiger partial charge in [0, 0.05) is 0 Å². The minimum absolute atomic E-state index is 0.0220. The summed E-state index contributed by atoms with van der Waals surface area (Å²) in [4.78, 5) is 0. The highest BCUT2D eigenvalue weighted by Gasteiger charge is 2.38. The molecule has 1 radical (unpaired) electrons. The molecule has 2 saturated carbocycles. The number of aliphatic hydroxyl groups excluding tert-OH is 1. The van der Waals surface area contributed by atoms with Gasteiger partial charge in [0.1, 0.15) is 0 Å². The van der Waals surface area contributed by atoms with Crippen molar-refractivity contribution in [2.75, 3.05) is 0 Å². The molecule has 0 aromatic rings. The minimum Gasteiger partial charge on any atom is -0.393 e. The number of hydrogen-bond donors (Lipinski definition) is 1. The van der Waals surface area contributed by atoms with Gasteiger partial charge in [-0.1, -0.05) is 0 Å². The van der Waals surface area contributed by atoms with Crippen molar-refractivity contribution in [1.29, 1.82) is 0 Å². The summed E-state index contributed by atoms with van der Waals surface area (Å²) in [6, 6.07) is 0. The fraction of sp³-hybridized carbons (Fsp3) is 0.857. The number of rotatable bonds is 0. The topological polar surface area (TPSA) is 20.2 Å². The van der Waals surface area contributed by atoms with Crippen molar-refractivity contribution in [2.24, 2.45) is 11.8 Å². The molecule has 2 aliphatic rings. The zero-order valence-corrected chi connectivity index (χ0v) is 4.88. The lowest BCUT2D eigenvalue weighted by molar-refractivity contribution is 0.134. The van der Waals surface area contributed by atoms with E-state index in [0.717, 1.165) is 12.3 Å². The second-order valence-corrected chi connectivity index (χ2v) is 3.04. The average Bonchev–Trinajstić information content (AvgIpc) is 2.23. The Morgan fingerprint density at radius 1 is 1.38 bits per heavy atom. The molecule has 0 aliphatic heterocycles. The summed E-state index contributed by atoms with van der Waals surface area (Å²) in [5, 5.41) is 9.19. The minimum atomic E-state index is 0.0220. The van der Waals surface area contributed by atoms with Crippen LogP contribution in [-0.4, -0.2) is 11.2 Å². The van der Waals surface area contributed by atoms with Crippen LogP contribution in [0.2, 0.25) is 0 Å². The second kappa shape index (κ2) is 1.47. The molecule has 0 aromatic carbocycles. The maximum absolute atomic E-state index is 9.19. The predicted octanol–water partition coefficient (Wildman–Crippen LogP) is 0.981. The average molecular weight is 111 g/mol. The number of hydrogen-bond acceptors (Lipinski definition) is 1. The van der Waals surface area contributed by atoms with E-state index < -0.39 is 0 Å². The van der Waals surface area contributed by atoms with Gasteiger partial charge in [-0.05, 0) is 37.5 Å². The molecule has 8 heavy (non-hydrogen) atoms. The van der Waals surface area contributed by atoms with Crippen molar-refractivity contribution in [3.63, 3.8) is 0 Å². The van der Waals surface area contributed by atoms with Crippen LogP contribution in [0.1, 0.15) is 19.3 Å². The van der Waals surface area contributed by atoms with Crippen LogP contribution < -0.4 is 0 Å². The molecule has 2 fully saturated rings. The molecule has 3 unspecified atom stereocenters. The predicted molar refractivity (Wildman–Crippen MR) is 31.1 cm³/mol. The van der Waals surface area contributed by atoms with Crippen molar-refractivity contribution in [3.05, 3.63) is 6.42 Å². The summed E-state index contributed by atoms with van der Waals surface area (Å²) in [5.41, 5.74) is 0. The van der Waals surface area contributed by atoms with Gasteiger partial charge in [0.15, 0.2) is 0 Å². The highest BCUT2D eigenvalue weighted by atomic mass is 16.3. The lowest BCUT2D eigenvalue weighted by Gasteiger charge is -2.14. The molecule has 3 atom stereocenters. The largest absolute Gasteiger partial charge is 0.393 e. The first-order chi connectivity index (χ1) is 3.86. The number of fused-ring (bicyclic) bond motifs is 2. The summed E-state index contributed by atoms with van der Waals surface area (Å²) in [6.07, 6.45) is 5.90. The first kappa shape index (κ1) is 4.80. The normalized spacial score (nSPS) is 52.9. The monoisotopic (exact) mass is 111 g/mol. The highest BCUT2D eigenvalue weighted by Crippen LogP contribution is 2.43. The second-order valence-electron chi connectivity index (χ2n) is 3.04. The molecule has 1 nitrogen and oxygen atoms in total. The molecular weight excluding hydrogens is 100 g/mol. The summed E-state index contributed by atoms with van der Waals surface area (Å²) in [6.45, 7) is 0. The van der Waals surface area contributed by atoms with Crippen molar-refractivity contribution < 1.29 is 5.11 Å². The Morgan fingerprint density at radius 2 is 2.25 bits per heavy atom. The SMILES string of the molecule is OC1CC2C[CH]C1C2. The van der Waals surface area contributed by atoms with Gasteiger partial charge in [-0.2, -0.15) is 0 Å². The van der Waals surface area contributed by atoms with Gasteiger partial charge in [-0.15, -0.1) is 0 Å². The van der Waals surface area contributed by atoms with Crippen LogP contribution in [0.4, 0.5) is 0 Å². The Balaban J connectivity index is 2.11. The van der Waals surface area contributed by atoms with Crippen LogP contribution in [0.3, 0.4) is 0 Å². The van der Waals surface area contributed by atoms with Crippen molar-refractivity contribution in [3.8, 4) is 0 Å². The molecule has 0 heterocycles. The summed E-state index contributed by atoms with van der Waals surface area (Å²) >= 11 is 0. The van der Waals surface area contributed by atoms with Crippen LogP contribution in [0, 0.1) is 18.3 Å². The third-order valence-corrected chi connectivity index (χ3v) is 2.45. The van der Waals surface area contributed by atoms with Crippen molar-refractivity contribution >= 4 is 0 Å². The van der Waals surface area contributed by atoms with E-state index in [0.29, 0.717) is 5.92 Å². The quantitative estimate of drug-likeness (QED) is 0.494. The molecule has 0 saturated heterocycles. The first-order valence-corrected chi connectivity index (χ1v) is 3.37. The van der Waals surface area contributed by atoms with Crippen LogP contribution in [0.5, 0.6) is 0 Å². The smallest absolute Gasteiger partial charge is 0.0573 e. The Labute approximate surface area is 49.7 Å². The standard InChI is InChI=1S/C7H11O/c8-7-4-5-1-2-6(7)3-5/h2,5-8H,1,3-4H2. The Bertz CT molecular complexity index is 98.6. The third kappa shape index (κ3) is 0.510. The fourth-order valence-corrected chi connectivity index (χ4v) is 1.97. The van der Waals surface area contributed by atoms with E-state index in [2.05, 4.69) is 6.42 Å². The molecule has 0 amide bonds. The molecule has 0 spiro atoms. The summed E-state index contributed by atoms with van der Waals surface area (Å²) < 4.78 is 0. The van der Waals surface area contributed by atoms with Crippen LogP contribution in [-0.2, 0) is 0 Å². The zero-order chi connectivity index (χ0) is 5.56. The van der Waals surface area contributed by atoms with Gasteiger partial charge in [-0.3, -0.25) is 0 Å². The summed E-state index contributed by atoms with van der Waals surface area (Å²) in [7, 11) is 0. The molecule has 2 aliphatic carbocycles. The molecule has 0 aromatic heterocycles. The van der Waals surface area contributed by atoms with Gasteiger partial charge in [0.25, 0.3) is 0 Å². The van der Waals surface area contributed by atoms with Gasteiger partial charge in [0.05, 0.1) is 6.10 Å². The van der Waals surface area contributed by atoms with Crippen molar-refractivity contribution in [2.45, 2.75) is 25.4 Å². The third-order valence-electron chi connectivity index (χ3n) is 2.45. The Kier molecular flexibility index (Phi) is 0.884. The molecule has 2 bridgehead atoms. The van der Waals surface area contributed by atoms with E-state index >= 15 is 0 Å². The van der Waals surface area contributed by atoms with Gasteiger partial charge in [-0.25, -0.2) is 0 Å². The van der Waals surface area contributed by atoms with Crippen molar-refractivity contribution in [1.82, 2.24) is 0 Å². The van der Waals surface area contributed by atoms with Gasteiger partial charge < -0.3 is 5.11 Å². The van der Waals surface area contributed by atoms with Crippen LogP contribution >= 0.6 is 0 Å². The number of aliphatic hydroxyl groups is 1. The highest BCUT2D eigenvalue weighted by molar-refractivity contribution is 4.99. The van der Waals surface area contributed by atoms with E-state index in [4.69, 9.17) is 0 Å².